The molecule has 2 N–H and O–H groups in total. The van der Waals surface area contributed by atoms with Crippen LogP contribution in [0, 0.1) is 5.41 Å². The van der Waals surface area contributed by atoms with Gasteiger partial charge in [0.2, 0.25) is 0 Å². The van der Waals surface area contributed by atoms with E-state index in [0.717, 1.165) is 24.7 Å². The van der Waals surface area contributed by atoms with Gasteiger partial charge in [-0.25, -0.2) is 8.42 Å². The summed E-state index contributed by atoms with van der Waals surface area (Å²) >= 11 is 11.6. The van der Waals surface area contributed by atoms with Crippen molar-refractivity contribution in [2.75, 3.05) is 0 Å². The Morgan fingerprint density at radius 3 is 2.62 bits per heavy atom. The normalized spacial score (nSPS) is 11.8. The van der Waals surface area contributed by atoms with Crippen molar-refractivity contribution in [3.63, 3.8) is 0 Å². The molecule has 0 saturated heterocycles. The average Bonchev–Trinajstić information content (AvgIpc) is 2.40. The minimum Gasteiger partial charge on any atom is -0.288 e. The van der Waals surface area contributed by atoms with Gasteiger partial charge in [0.25, 0.3) is 10.0 Å². The second-order valence-corrected chi connectivity index (χ2v) is 6.94. The number of sulfonamides is 1. The molecule has 7 heteroatoms. The molecule has 0 atom stereocenters. The van der Waals surface area contributed by atoms with Gasteiger partial charge in [-0.2, -0.15) is 0 Å². The number of unbranched alkanes of at least 4 members (excludes halogenated alkanes) is 2. The Kier molecular flexibility index (Phi) is 7.22. The summed E-state index contributed by atoms with van der Waals surface area (Å²) in [6.07, 6.45) is 4.63. The molecule has 1 rings (SSSR count). The van der Waals surface area contributed by atoms with E-state index in [-0.39, 0.29) is 5.84 Å². The molecule has 0 aliphatic carbocycles. The maximum Gasteiger partial charge on any atom is 0.255 e. The van der Waals surface area contributed by atoms with Crippen LogP contribution in [-0.2, 0) is 10.0 Å². The first-order valence-electron chi connectivity index (χ1n) is 6.57. The molecule has 1 aromatic carbocycles. The highest BCUT2D eigenvalue weighted by atomic mass is 35.5. The molecule has 0 bridgehead atoms. The van der Waals surface area contributed by atoms with Gasteiger partial charge in [0, 0.05) is 6.42 Å². The second-order valence-electron chi connectivity index (χ2n) is 4.56. The number of nitrogens with one attached hydrogen (secondary N) is 2. The van der Waals surface area contributed by atoms with Crippen LogP contribution in [0.2, 0.25) is 10.0 Å². The molecule has 0 aliphatic heterocycles. The summed E-state index contributed by atoms with van der Waals surface area (Å²) in [7, 11) is -3.67. The topological polar surface area (TPSA) is 70.0 Å². The number of hydrogen-bond donors (Lipinski definition) is 2. The molecule has 0 saturated carbocycles. The van der Waals surface area contributed by atoms with Crippen LogP contribution in [0.3, 0.4) is 0 Å². The highest BCUT2D eigenvalue weighted by Gasteiger charge is 2.08. The van der Waals surface area contributed by atoms with Gasteiger partial charge >= 0.3 is 0 Å². The summed E-state index contributed by atoms with van der Waals surface area (Å²) in [5.74, 6) is 0.00207. The molecule has 0 aliphatic rings. The molecule has 0 spiro atoms. The molecule has 21 heavy (non-hydrogen) atoms. The van der Waals surface area contributed by atoms with Gasteiger partial charge in [0.15, 0.2) is 0 Å². The van der Waals surface area contributed by atoms with E-state index < -0.39 is 10.0 Å². The smallest absolute Gasteiger partial charge is 0.255 e. The molecule has 0 radical (unpaired) electrons. The SMILES string of the molecule is CCCCCC(=N)NS(=O)(=O)/C=C/c1ccc(Cl)c(Cl)c1. The van der Waals surface area contributed by atoms with Crippen molar-refractivity contribution in [3.8, 4) is 0 Å². The zero-order valence-corrected chi connectivity index (χ0v) is 14.0. The highest BCUT2D eigenvalue weighted by molar-refractivity contribution is 7.93. The molecule has 0 amide bonds. The molecule has 4 nitrogen and oxygen atoms in total. The summed E-state index contributed by atoms with van der Waals surface area (Å²) in [6, 6.07) is 4.83. The van der Waals surface area contributed by atoms with Crippen LogP contribution < -0.4 is 4.72 Å². The molecule has 1 aromatic rings. The summed E-state index contributed by atoms with van der Waals surface area (Å²) in [6.45, 7) is 2.05. The van der Waals surface area contributed by atoms with E-state index in [2.05, 4.69) is 4.72 Å². The van der Waals surface area contributed by atoms with E-state index in [1.54, 1.807) is 18.2 Å². The Labute approximate surface area is 135 Å². The fraction of sp³-hybridized carbons (Fsp3) is 0.357. The predicted octanol–water partition coefficient (Wildman–Crippen LogP) is 4.44. The standard InChI is InChI=1S/C14H18Cl2N2O2S/c1-2-3-4-5-14(17)18-21(19,20)9-8-11-6-7-12(15)13(16)10-11/h6-10H,2-5H2,1H3,(H2,17,18)/b9-8+. The van der Waals surface area contributed by atoms with Crippen LogP contribution >= 0.6 is 23.2 Å². The van der Waals surface area contributed by atoms with Crippen molar-refractivity contribution in [2.45, 2.75) is 32.6 Å². The second kappa shape index (κ2) is 8.41. The fourth-order valence-corrected chi connectivity index (χ4v) is 2.75. The average molecular weight is 349 g/mol. The van der Waals surface area contributed by atoms with Crippen molar-refractivity contribution in [1.82, 2.24) is 4.72 Å². The lowest BCUT2D eigenvalue weighted by atomic mass is 10.2. The third kappa shape index (κ3) is 6.98. The van der Waals surface area contributed by atoms with Gasteiger partial charge in [-0.3, -0.25) is 10.1 Å². The number of hydrogen-bond acceptors (Lipinski definition) is 3. The Balaban J connectivity index is 2.64. The maximum atomic E-state index is 11.8. The molecule has 0 fully saturated rings. The summed E-state index contributed by atoms with van der Waals surface area (Å²) in [5, 5.41) is 9.39. The Bertz CT molecular complexity index is 628. The minimum atomic E-state index is -3.67. The van der Waals surface area contributed by atoms with Crippen molar-refractivity contribution in [2.24, 2.45) is 0 Å². The van der Waals surface area contributed by atoms with E-state index >= 15 is 0 Å². The van der Waals surface area contributed by atoms with Gasteiger partial charge in [-0.05, 0) is 30.2 Å². The third-order valence-corrected chi connectivity index (χ3v) is 4.44. The van der Waals surface area contributed by atoms with Crippen molar-refractivity contribution < 1.29 is 8.42 Å². The van der Waals surface area contributed by atoms with Gasteiger partial charge < -0.3 is 0 Å². The first-order chi connectivity index (χ1) is 9.84. The molecular weight excluding hydrogens is 331 g/mol. The number of benzene rings is 1. The number of rotatable bonds is 7. The zero-order valence-electron chi connectivity index (χ0n) is 11.7. The monoisotopic (exact) mass is 348 g/mol. The van der Waals surface area contributed by atoms with Crippen molar-refractivity contribution in [3.05, 3.63) is 39.2 Å². The maximum absolute atomic E-state index is 11.8. The summed E-state index contributed by atoms with van der Waals surface area (Å²) < 4.78 is 25.8. The molecule has 116 valence electrons. The fourth-order valence-electron chi connectivity index (χ4n) is 1.59. The number of amidine groups is 1. The Hall–Kier alpha value is -1.04. The van der Waals surface area contributed by atoms with Crippen LogP contribution in [0.4, 0.5) is 0 Å². The largest absolute Gasteiger partial charge is 0.288 e. The molecule has 0 aromatic heterocycles. The van der Waals surface area contributed by atoms with Crippen LogP contribution in [0.15, 0.2) is 23.6 Å². The third-order valence-electron chi connectivity index (χ3n) is 2.68. The zero-order chi connectivity index (χ0) is 15.9. The Morgan fingerprint density at radius 2 is 2.00 bits per heavy atom. The molecule has 0 heterocycles. The van der Waals surface area contributed by atoms with Crippen molar-refractivity contribution in [1.29, 1.82) is 5.41 Å². The van der Waals surface area contributed by atoms with Gasteiger partial charge in [0.05, 0.1) is 15.5 Å². The van der Waals surface area contributed by atoms with E-state index in [1.807, 2.05) is 6.92 Å². The minimum absolute atomic E-state index is 0.00207. The van der Waals surface area contributed by atoms with Crippen LogP contribution in [0.5, 0.6) is 0 Å². The van der Waals surface area contributed by atoms with E-state index in [0.29, 0.717) is 22.0 Å². The van der Waals surface area contributed by atoms with Gasteiger partial charge in [-0.1, -0.05) is 49.0 Å². The summed E-state index contributed by atoms with van der Waals surface area (Å²) in [4.78, 5) is 0. The van der Waals surface area contributed by atoms with E-state index in [1.165, 1.54) is 6.08 Å². The van der Waals surface area contributed by atoms with Gasteiger partial charge in [-0.15, -0.1) is 0 Å². The molecule has 0 unspecified atom stereocenters. The highest BCUT2D eigenvalue weighted by Crippen LogP contribution is 2.23. The van der Waals surface area contributed by atoms with E-state index in [4.69, 9.17) is 28.6 Å². The molecular formula is C14H18Cl2N2O2S. The van der Waals surface area contributed by atoms with Crippen LogP contribution in [-0.4, -0.2) is 14.3 Å². The lowest BCUT2D eigenvalue weighted by Crippen LogP contribution is -2.27. The van der Waals surface area contributed by atoms with Crippen LogP contribution in [0.1, 0.15) is 38.2 Å². The van der Waals surface area contributed by atoms with Crippen LogP contribution in [0.25, 0.3) is 6.08 Å². The number of halogens is 2. The van der Waals surface area contributed by atoms with Crippen molar-refractivity contribution >= 4 is 45.1 Å². The van der Waals surface area contributed by atoms with Gasteiger partial charge in [0.1, 0.15) is 5.84 Å². The lowest BCUT2D eigenvalue weighted by Gasteiger charge is -2.05. The predicted molar refractivity (Wildman–Crippen MR) is 89.4 cm³/mol. The summed E-state index contributed by atoms with van der Waals surface area (Å²) in [5.41, 5.74) is 0.618. The lowest BCUT2D eigenvalue weighted by molar-refractivity contribution is 0.600. The first-order valence-corrected chi connectivity index (χ1v) is 8.87. The first kappa shape index (κ1) is 18.0. The Morgan fingerprint density at radius 1 is 1.29 bits per heavy atom. The quantitative estimate of drug-likeness (QED) is 0.434. The van der Waals surface area contributed by atoms with E-state index in [9.17, 15) is 8.42 Å².